The molecule has 0 aliphatic heterocycles. The van der Waals surface area contributed by atoms with Crippen LogP contribution in [-0.4, -0.2) is 30.6 Å². The van der Waals surface area contributed by atoms with Crippen molar-refractivity contribution in [1.82, 2.24) is 10.3 Å². The van der Waals surface area contributed by atoms with E-state index >= 15 is 0 Å². The van der Waals surface area contributed by atoms with Crippen molar-refractivity contribution >= 4 is 45.5 Å². The van der Waals surface area contributed by atoms with Gasteiger partial charge < -0.3 is 19.8 Å². The van der Waals surface area contributed by atoms with E-state index in [1.165, 1.54) is 0 Å². The molecule has 0 unspecified atom stereocenters. The Kier molecular flexibility index (Phi) is 8.17. The van der Waals surface area contributed by atoms with Gasteiger partial charge in [-0.25, -0.2) is 0 Å². The third-order valence-electron chi connectivity index (χ3n) is 5.18. The van der Waals surface area contributed by atoms with Gasteiger partial charge in [0, 0.05) is 23.6 Å². The number of amides is 1. The van der Waals surface area contributed by atoms with Crippen molar-refractivity contribution in [1.29, 1.82) is 5.26 Å². The Hall–Kier alpha value is -2.99. The summed E-state index contributed by atoms with van der Waals surface area (Å²) >= 11 is 2.18. The summed E-state index contributed by atoms with van der Waals surface area (Å²) in [5, 5.41) is 13.5. The minimum atomic E-state index is -0.402. The molecule has 0 saturated carbocycles. The zero-order valence-electron chi connectivity index (χ0n) is 18.4. The number of carbonyl (C=O) groups excluding carboxylic acids is 1. The van der Waals surface area contributed by atoms with Gasteiger partial charge in [-0.2, -0.15) is 5.26 Å². The van der Waals surface area contributed by atoms with Crippen molar-refractivity contribution in [3.8, 4) is 17.6 Å². The summed E-state index contributed by atoms with van der Waals surface area (Å²) < 4.78 is 12.3. The van der Waals surface area contributed by atoms with Crippen LogP contribution >= 0.6 is 22.6 Å². The SMILES string of the molecule is CC[C@H](C)Oc1c(I)cc(/C=C(/C#N)C(=O)NCCc2c[nH]c3ccccc23)cc1OC. The summed E-state index contributed by atoms with van der Waals surface area (Å²) in [4.78, 5) is 15.8. The van der Waals surface area contributed by atoms with E-state index in [4.69, 9.17) is 9.47 Å². The van der Waals surface area contributed by atoms with Gasteiger partial charge in [0.25, 0.3) is 5.91 Å². The van der Waals surface area contributed by atoms with Gasteiger partial charge in [0.2, 0.25) is 0 Å². The second-order valence-corrected chi connectivity index (χ2v) is 8.57. The maximum Gasteiger partial charge on any atom is 0.261 e. The second-order valence-electron chi connectivity index (χ2n) is 7.41. The molecule has 0 saturated heterocycles. The summed E-state index contributed by atoms with van der Waals surface area (Å²) in [6, 6.07) is 13.7. The number of nitriles is 1. The molecule has 1 atom stereocenters. The summed E-state index contributed by atoms with van der Waals surface area (Å²) in [6.07, 6.45) is 5.12. The number of rotatable bonds is 9. The molecule has 2 N–H and O–H groups in total. The molecule has 6 nitrogen and oxygen atoms in total. The van der Waals surface area contributed by atoms with Crippen LogP contribution in [0.25, 0.3) is 17.0 Å². The first-order valence-corrected chi connectivity index (χ1v) is 11.5. The lowest BCUT2D eigenvalue weighted by Gasteiger charge is -2.17. The highest BCUT2D eigenvalue weighted by Gasteiger charge is 2.15. The number of nitrogens with zero attached hydrogens (tertiary/aromatic N) is 1. The number of carbonyl (C=O) groups is 1. The lowest BCUT2D eigenvalue weighted by Crippen LogP contribution is -2.26. The van der Waals surface area contributed by atoms with Crippen LogP contribution in [0.1, 0.15) is 31.4 Å². The molecule has 0 bridgehead atoms. The predicted molar refractivity (Wildman–Crippen MR) is 135 cm³/mol. The summed E-state index contributed by atoms with van der Waals surface area (Å²) in [5.74, 6) is 0.836. The Balaban J connectivity index is 1.71. The number of hydrogen-bond donors (Lipinski definition) is 2. The molecule has 0 fully saturated rings. The van der Waals surface area contributed by atoms with Gasteiger partial charge in [0.05, 0.1) is 16.8 Å². The van der Waals surface area contributed by atoms with Crippen LogP contribution in [-0.2, 0) is 11.2 Å². The van der Waals surface area contributed by atoms with Crippen LogP contribution in [0.4, 0.5) is 0 Å². The fourth-order valence-electron chi connectivity index (χ4n) is 3.28. The third kappa shape index (κ3) is 5.62. The average Bonchev–Trinajstić information content (AvgIpc) is 3.21. The number of hydrogen-bond acceptors (Lipinski definition) is 4. The molecular formula is C25H26IN3O3. The number of fused-ring (bicyclic) bond motifs is 1. The molecule has 3 aromatic rings. The molecule has 32 heavy (non-hydrogen) atoms. The maximum atomic E-state index is 12.6. The monoisotopic (exact) mass is 543 g/mol. The van der Waals surface area contributed by atoms with Crippen LogP contribution in [0.2, 0.25) is 0 Å². The Labute approximate surface area is 201 Å². The van der Waals surface area contributed by atoms with Crippen molar-refractivity contribution in [3.63, 3.8) is 0 Å². The predicted octanol–water partition coefficient (Wildman–Crippen LogP) is 5.22. The number of aromatic nitrogens is 1. The van der Waals surface area contributed by atoms with Crippen molar-refractivity contribution < 1.29 is 14.3 Å². The number of ether oxygens (including phenoxy) is 2. The Morgan fingerprint density at radius 1 is 1.34 bits per heavy atom. The van der Waals surface area contributed by atoms with Crippen LogP contribution in [0, 0.1) is 14.9 Å². The van der Waals surface area contributed by atoms with Crippen molar-refractivity contribution in [2.75, 3.05) is 13.7 Å². The van der Waals surface area contributed by atoms with E-state index in [1.807, 2.05) is 49.5 Å². The fraction of sp³-hybridized carbons (Fsp3) is 0.280. The molecule has 3 rings (SSSR count). The fourth-order valence-corrected chi connectivity index (χ4v) is 4.03. The van der Waals surface area contributed by atoms with Gasteiger partial charge in [0.15, 0.2) is 11.5 Å². The van der Waals surface area contributed by atoms with E-state index in [1.54, 1.807) is 19.3 Å². The molecule has 0 spiro atoms. The molecule has 0 radical (unpaired) electrons. The minimum Gasteiger partial charge on any atom is -0.493 e. The van der Waals surface area contributed by atoms with Crippen molar-refractivity contribution in [2.24, 2.45) is 0 Å². The van der Waals surface area contributed by atoms with E-state index in [-0.39, 0.29) is 11.7 Å². The number of H-pyrrole nitrogens is 1. The molecule has 7 heteroatoms. The molecule has 0 aliphatic carbocycles. The van der Waals surface area contributed by atoms with Gasteiger partial charge in [-0.15, -0.1) is 0 Å². The molecule has 1 heterocycles. The highest BCUT2D eigenvalue weighted by molar-refractivity contribution is 14.1. The van der Waals surface area contributed by atoms with E-state index in [2.05, 4.69) is 39.8 Å². The van der Waals surface area contributed by atoms with Crippen LogP contribution < -0.4 is 14.8 Å². The number of methoxy groups -OCH3 is 1. The number of halogens is 1. The van der Waals surface area contributed by atoms with E-state index in [9.17, 15) is 10.1 Å². The number of benzene rings is 2. The first-order valence-electron chi connectivity index (χ1n) is 10.5. The second kappa shape index (κ2) is 11.0. The lowest BCUT2D eigenvalue weighted by atomic mass is 10.1. The Morgan fingerprint density at radius 3 is 2.84 bits per heavy atom. The lowest BCUT2D eigenvalue weighted by molar-refractivity contribution is -0.117. The van der Waals surface area contributed by atoms with Crippen molar-refractivity contribution in [2.45, 2.75) is 32.8 Å². The van der Waals surface area contributed by atoms with Crippen LogP contribution in [0.5, 0.6) is 11.5 Å². The van der Waals surface area contributed by atoms with E-state index in [0.29, 0.717) is 30.0 Å². The van der Waals surface area contributed by atoms with Crippen LogP contribution in [0.3, 0.4) is 0 Å². The summed E-state index contributed by atoms with van der Waals surface area (Å²) in [6.45, 7) is 4.48. The third-order valence-corrected chi connectivity index (χ3v) is 5.98. The maximum absolute atomic E-state index is 12.6. The topological polar surface area (TPSA) is 87.1 Å². The van der Waals surface area contributed by atoms with Gasteiger partial charge in [-0.3, -0.25) is 4.79 Å². The molecule has 0 aliphatic rings. The quantitative estimate of drug-likeness (QED) is 0.220. The number of nitrogens with one attached hydrogen (secondary N) is 2. The largest absolute Gasteiger partial charge is 0.493 e. The standard InChI is InChI=1S/C25H26IN3O3/c1-4-16(2)32-24-21(26)12-17(13-23(24)31-3)11-19(14-27)25(30)28-10-9-18-15-29-22-8-6-5-7-20(18)22/h5-8,11-13,15-16,29H,4,9-10H2,1-3H3,(H,28,30)/b19-11-/t16-/m0/s1. The number of para-hydroxylation sites is 1. The van der Waals surface area contributed by atoms with Gasteiger partial charge >= 0.3 is 0 Å². The summed E-state index contributed by atoms with van der Waals surface area (Å²) in [7, 11) is 1.57. The molecule has 2 aromatic carbocycles. The highest BCUT2D eigenvalue weighted by Crippen LogP contribution is 2.35. The molecule has 1 amide bonds. The van der Waals surface area contributed by atoms with Gasteiger partial charge in [-0.05, 0) is 77.8 Å². The van der Waals surface area contributed by atoms with E-state index < -0.39 is 5.91 Å². The first kappa shape index (κ1) is 23.7. The first-order chi connectivity index (χ1) is 15.5. The smallest absolute Gasteiger partial charge is 0.261 e. The zero-order chi connectivity index (χ0) is 23.1. The van der Waals surface area contributed by atoms with Gasteiger partial charge in [-0.1, -0.05) is 25.1 Å². The van der Waals surface area contributed by atoms with Crippen LogP contribution in [0.15, 0.2) is 48.2 Å². The average molecular weight is 543 g/mol. The highest BCUT2D eigenvalue weighted by atomic mass is 127. The minimum absolute atomic E-state index is 0.0392. The molecule has 1 aromatic heterocycles. The van der Waals surface area contributed by atoms with Gasteiger partial charge in [0.1, 0.15) is 11.6 Å². The molecule has 166 valence electrons. The zero-order valence-corrected chi connectivity index (χ0v) is 20.5. The van der Waals surface area contributed by atoms with Crippen molar-refractivity contribution in [3.05, 3.63) is 62.9 Å². The normalized spacial score (nSPS) is 12.3. The summed E-state index contributed by atoms with van der Waals surface area (Å²) in [5.41, 5.74) is 2.93. The Bertz CT molecular complexity index is 1180. The van der Waals surface area contributed by atoms with E-state index in [0.717, 1.165) is 26.5 Å². The Morgan fingerprint density at radius 2 is 2.12 bits per heavy atom. The molecular weight excluding hydrogens is 517 g/mol. The number of aromatic amines is 1.